The number of aromatic nitrogens is 1. The van der Waals surface area contributed by atoms with Gasteiger partial charge in [0.2, 0.25) is 0 Å². The van der Waals surface area contributed by atoms with E-state index in [-0.39, 0.29) is 29.2 Å². The van der Waals surface area contributed by atoms with Gasteiger partial charge in [-0.25, -0.2) is 13.6 Å². The van der Waals surface area contributed by atoms with Crippen molar-refractivity contribution >= 4 is 33.7 Å². The van der Waals surface area contributed by atoms with Crippen molar-refractivity contribution in [3.63, 3.8) is 0 Å². The van der Waals surface area contributed by atoms with Gasteiger partial charge in [-0.1, -0.05) is 0 Å². The molecular formula is C21H15F2N3O5. The highest BCUT2D eigenvalue weighted by atomic mass is 19.1. The molecule has 3 amide bonds. The van der Waals surface area contributed by atoms with Crippen LogP contribution in [0.15, 0.2) is 47.0 Å². The van der Waals surface area contributed by atoms with Crippen LogP contribution >= 0.6 is 0 Å². The molecule has 5 rings (SSSR count). The first-order chi connectivity index (χ1) is 14.8. The van der Waals surface area contributed by atoms with Gasteiger partial charge in [0.1, 0.15) is 28.7 Å². The third-order valence-corrected chi connectivity index (χ3v) is 5.39. The SMILES string of the molecule is COc1ccc2cn(C[C@@]3(c4cc5c(F)cc(F)cc5o4)NC(=O)NC3=O)c(O)c2c1. The number of nitrogens with zero attached hydrogens (tertiary/aromatic N) is 1. The fourth-order valence-corrected chi connectivity index (χ4v) is 3.86. The van der Waals surface area contributed by atoms with Gasteiger partial charge in [0, 0.05) is 29.1 Å². The van der Waals surface area contributed by atoms with E-state index in [0.717, 1.165) is 6.07 Å². The minimum absolute atomic E-state index is 0.0450. The van der Waals surface area contributed by atoms with Crippen molar-refractivity contribution in [3.8, 4) is 11.6 Å². The number of nitrogens with one attached hydrogen (secondary N) is 2. The van der Waals surface area contributed by atoms with Gasteiger partial charge in [0.25, 0.3) is 5.91 Å². The number of ether oxygens (including phenoxy) is 1. The Morgan fingerprint density at radius 2 is 1.97 bits per heavy atom. The van der Waals surface area contributed by atoms with Crippen molar-refractivity contribution in [2.75, 3.05) is 7.11 Å². The maximum absolute atomic E-state index is 14.2. The third-order valence-electron chi connectivity index (χ3n) is 5.39. The Morgan fingerprint density at radius 3 is 2.68 bits per heavy atom. The molecule has 1 aliphatic rings. The number of urea groups is 1. The predicted molar refractivity (Wildman–Crippen MR) is 105 cm³/mol. The lowest BCUT2D eigenvalue weighted by Gasteiger charge is -2.24. The molecule has 0 aliphatic carbocycles. The molecule has 31 heavy (non-hydrogen) atoms. The van der Waals surface area contributed by atoms with Gasteiger partial charge in [-0.2, -0.15) is 0 Å². The zero-order valence-electron chi connectivity index (χ0n) is 16.0. The van der Waals surface area contributed by atoms with E-state index in [1.54, 1.807) is 24.4 Å². The summed E-state index contributed by atoms with van der Waals surface area (Å²) >= 11 is 0. The van der Waals surface area contributed by atoms with E-state index in [1.807, 2.05) is 0 Å². The minimum Gasteiger partial charge on any atom is -0.497 e. The molecule has 0 spiro atoms. The summed E-state index contributed by atoms with van der Waals surface area (Å²) in [6.07, 6.45) is 1.59. The zero-order chi connectivity index (χ0) is 21.9. The van der Waals surface area contributed by atoms with Crippen molar-refractivity contribution in [3.05, 3.63) is 60.0 Å². The maximum atomic E-state index is 14.2. The van der Waals surface area contributed by atoms with Crippen LogP contribution in [0.4, 0.5) is 13.6 Å². The van der Waals surface area contributed by atoms with Crippen LogP contribution in [0.1, 0.15) is 5.76 Å². The quantitative estimate of drug-likeness (QED) is 0.434. The van der Waals surface area contributed by atoms with E-state index < -0.39 is 29.1 Å². The molecule has 4 aromatic rings. The van der Waals surface area contributed by atoms with Gasteiger partial charge >= 0.3 is 6.03 Å². The molecule has 1 aliphatic heterocycles. The molecule has 2 aromatic heterocycles. The minimum atomic E-state index is -1.80. The Kier molecular flexibility index (Phi) is 3.94. The number of carbonyl (C=O) groups is 2. The zero-order valence-corrected chi connectivity index (χ0v) is 16.0. The monoisotopic (exact) mass is 427 g/mol. The summed E-state index contributed by atoms with van der Waals surface area (Å²) in [6.45, 7) is -0.267. The molecule has 0 unspecified atom stereocenters. The summed E-state index contributed by atoms with van der Waals surface area (Å²) in [5.41, 5.74) is -1.91. The number of hydrogen-bond acceptors (Lipinski definition) is 5. The average molecular weight is 427 g/mol. The van der Waals surface area contributed by atoms with Crippen molar-refractivity contribution in [2.24, 2.45) is 0 Å². The molecule has 158 valence electrons. The van der Waals surface area contributed by atoms with E-state index in [9.17, 15) is 23.5 Å². The maximum Gasteiger partial charge on any atom is 0.322 e. The molecule has 0 radical (unpaired) electrons. The van der Waals surface area contributed by atoms with Crippen LogP contribution < -0.4 is 15.4 Å². The van der Waals surface area contributed by atoms with Crippen LogP contribution in [0.25, 0.3) is 21.7 Å². The van der Waals surface area contributed by atoms with Crippen LogP contribution in [0.5, 0.6) is 11.6 Å². The summed E-state index contributed by atoms with van der Waals surface area (Å²) in [7, 11) is 1.49. The number of carbonyl (C=O) groups excluding carboxylic acids is 2. The van der Waals surface area contributed by atoms with E-state index >= 15 is 0 Å². The number of aromatic hydroxyl groups is 1. The summed E-state index contributed by atoms with van der Waals surface area (Å²) in [5, 5.41) is 16.5. The highest BCUT2D eigenvalue weighted by Crippen LogP contribution is 2.37. The number of halogens is 2. The Hall–Kier alpha value is -4.08. The highest BCUT2D eigenvalue weighted by molar-refractivity contribution is 6.07. The fourth-order valence-electron chi connectivity index (χ4n) is 3.86. The number of fused-ring (bicyclic) bond motifs is 2. The first-order valence-electron chi connectivity index (χ1n) is 9.19. The molecule has 0 saturated carbocycles. The van der Waals surface area contributed by atoms with Gasteiger partial charge in [-0.3, -0.25) is 10.1 Å². The summed E-state index contributed by atoms with van der Waals surface area (Å²) in [5.74, 6) is -2.22. The summed E-state index contributed by atoms with van der Waals surface area (Å²) < 4.78 is 39.9. The average Bonchev–Trinajstić information content (AvgIpc) is 3.37. The van der Waals surface area contributed by atoms with Crippen LogP contribution in [0.2, 0.25) is 0 Å². The summed E-state index contributed by atoms with van der Waals surface area (Å²) in [6, 6.07) is 7.19. The van der Waals surface area contributed by atoms with Crippen molar-refractivity contribution in [1.82, 2.24) is 15.2 Å². The third kappa shape index (κ3) is 2.79. The molecule has 1 atom stereocenters. The van der Waals surface area contributed by atoms with E-state index in [4.69, 9.17) is 9.15 Å². The molecule has 0 bridgehead atoms. The molecule has 8 nitrogen and oxygen atoms in total. The summed E-state index contributed by atoms with van der Waals surface area (Å²) in [4.78, 5) is 24.8. The Bertz CT molecular complexity index is 1390. The van der Waals surface area contributed by atoms with Gasteiger partial charge in [-0.05, 0) is 24.3 Å². The van der Waals surface area contributed by atoms with Gasteiger partial charge < -0.3 is 24.1 Å². The number of amides is 3. The van der Waals surface area contributed by atoms with Crippen LogP contribution in [0, 0.1) is 11.6 Å². The van der Waals surface area contributed by atoms with Gasteiger partial charge in [0.15, 0.2) is 11.4 Å². The highest BCUT2D eigenvalue weighted by Gasteiger charge is 2.51. The topological polar surface area (TPSA) is 106 Å². The number of benzene rings is 2. The van der Waals surface area contributed by atoms with Crippen LogP contribution in [-0.2, 0) is 16.9 Å². The number of imide groups is 1. The lowest BCUT2D eigenvalue weighted by Crippen LogP contribution is -2.47. The lowest BCUT2D eigenvalue weighted by molar-refractivity contribution is -0.125. The molecular weight excluding hydrogens is 412 g/mol. The molecule has 1 fully saturated rings. The number of methoxy groups -OCH3 is 1. The van der Waals surface area contributed by atoms with E-state index in [0.29, 0.717) is 22.6 Å². The fraction of sp³-hybridized carbons (Fsp3) is 0.143. The Balaban J connectivity index is 1.67. The van der Waals surface area contributed by atoms with Crippen LogP contribution in [0.3, 0.4) is 0 Å². The van der Waals surface area contributed by atoms with Crippen LogP contribution in [-0.4, -0.2) is 28.7 Å². The van der Waals surface area contributed by atoms with Crippen molar-refractivity contribution < 1.29 is 32.6 Å². The molecule has 3 N–H and O–H groups in total. The Morgan fingerprint density at radius 1 is 1.16 bits per heavy atom. The molecule has 10 heteroatoms. The number of furan rings is 1. The second-order valence-electron chi connectivity index (χ2n) is 7.26. The lowest BCUT2D eigenvalue weighted by atomic mass is 9.96. The molecule has 2 aromatic carbocycles. The largest absolute Gasteiger partial charge is 0.497 e. The first kappa shape index (κ1) is 18.9. The van der Waals surface area contributed by atoms with Gasteiger partial charge in [-0.15, -0.1) is 0 Å². The second-order valence-corrected chi connectivity index (χ2v) is 7.26. The van der Waals surface area contributed by atoms with E-state index in [2.05, 4.69) is 10.6 Å². The van der Waals surface area contributed by atoms with Crippen molar-refractivity contribution in [1.29, 1.82) is 0 Å². The van der Waals surface area contributed by atoms with Crippen molar-refractivity contribution in [2.45, 2.75) is 12.1 Å². The standard InChI is InChI=1S/C21H15F2N3O5/c1-30-12-3-2-10-8-26(18(27)13(10)6-12)9-21(19(28)24-20(29)25-21)17-7-14-15(23)4-11(22)5-16(14)31-17/h2-8,27H,9H2,1H3,(H2,24,25,28,29)/t21-/m0/s1. The predicted octanol–water partition coefficient (Wildman–Crippen LogP) is 3.11. The normalized spacial score (nSPS) is 18.5. The number of hydrogen-bond donors (Lipinski definition) is 3. The molecule has 1 saturated heterocycles. The second kappa shape index (κ2) is 6.46. The Labute approximate surface area is 173 Å². The molecule has 3 heterocycles. The van der Waals surface area contributed by atoms with E-state index in [1.165, 1.54) is 17.7 Å². The first-order valence-corrected chi connectivity index (χ1v) is 9.19. The smallest absolute Gasteiger partial charge is 0.322 e. The van der Waals surface area contributed by atoms with Gasteiger partial charge in [0.05, 0.1) is 19.0 Å². The number of rotatable bonds is 4.